The van der Waals surface area contributed by atoms with Crippen LogP contribution in [0.1, 0.15) is 19.8 Å². The highest BCUT2D eigenvalue weighted by Gasteiger charge is 2.17. The first-order valence-electron chi connectivity index (χ1n) is 7.81. The van der Waals surface area contributed by atoms with Crippen molar-refractivity contribution in [3.05, 3.63) is 12.1 Å². The van der Waals surface area contributed by atoms with Gasteiger partial charge in [-0.15, -0.1) is 10.2 Å². The molecule has 0 aliphatic carbocycles. The lowest BCUT2D eigenvalue weighted by Crippen LogP contribution is -2.29. The van der Waals surface area contributed by atoms with Crippen molar-refractivity contribution in [3.63, 3.8) is 0 Å². The first-order valence-corrected chi connectivity index (χ1v) is 8.63. The minimum atomic E-state index is -0.291. The number of carbonyl (C=O) groups is 1. The molecular weight excluding hydrogens is 344 g/mol. The van der Waals surface area contributed by atoms with Gasteiger partial charge in [0.05, 0.1) is 21.3 Å². The highest BCUT2D eigenvalue weighted by atomic mass is 32.1. The summed E-state index contributed by atoms with van der Waals surface area (Å²) < 4.78 is 16.0. The molecule has 0 radical (unpaired) electrons. The Balaban J connectivity index is 2.17. The molecule has 136 valence electrons. The lowest BCUT2D eigenvalue weighted by Gasteiger charge is -2.13. The van der Waals surface area contributed by atoms with E-state index in [0.29, 0.717) is 33.9 Å². The Bertz CT molecular complexity index is 695. The maximum Gasteiger partial charge on any atom is 0.321 e. The van der Waals surface area contributed by atoms with Crippen LogP contribution in [-0.4, -0.2) is 44.1 Å². The number of ether oxygens (including phenoxy) is 3. The quantitative estimate of drug-likeness (QED) is 0.697. The summed E-state index contributed by atoms with van der Waals surface area (Å²) in [6.07, 6.45) is 1.95. The Morgan fingerprint density at radius 1 is 1.12 bits per heavy atom. The minimum absolute atomic E-state index is 0.291. The normalized spacial score (nSPS) is 10.2. The summed E-state index contributed by atoms with van der Waals surface area (Å²) in [6, 6.07) is 3.28. The van der Waals surface area contributed by atoms with Crippen molar-refractivity contribution in [3.8, 4) is 27.8 Å². The van der Waals surface area contributed by atoms with Gasteiger partial charge in [-0.25, -0.2) is 4.79 Å². The molecule has 0 unspecified atom stereocenters. The van der Waals surface area contributed by atoms with Gasteiger partial charge in [0.25, 0.3) is 0 Å². The van der Waals surface area contributed by atoms with Crippen LogP contribution < -0.4 is 24.8 Å². The van der Waals surface area contributed by atoms with Gasteiger partial charge < -0.3 is 19.5 Å². The average Bonchev–Trinajstić information content (AvgIpc) is 3.08. The molecule has 8 nitrogen and oxygen atoms in total. The number of aromatic nitrogens is 2. The molecule has 2 N–H and O–H groups in total. The van der Waals surface area contributed by atoms with E-state index in [1.807, 2.05) is 0 Å². The van der Waals surface area contributed by atoms with Crippen molar-refractivity contribution in [2.24, 2.45) is 0 Å². The van der Waals surface area contributed by atoms with Crippen LogP contribution >= 0.6 is 11.3 Å². The number of amides is 2. The zero-order valence-corrected chi connectivity index (χ0v) is 15.5. The van der Waals surface area contributed by atoms with Gasteiger partial charge in [0.2, 0.25) is 10.9 Å². The number of unbranched alkanes of at least 4 members (excludes halogenated alkanes) is 1. The number of urea groups is 1. The Hall–Kier alpha value is -2.55. The van der Waals surface area contributed by atoms with Crippen LogP contribution in [-0.2, 0) is 0 Å². The third-order valence-corrected chi connectivity index (χ3v) is 4.26. The van der Waals surface area contributed by atoms with Crippen molar-refractivity contribution in [1.29, 1.82) is 0 Å². The Morgan fingerprint density at radius 2 is 1.80 bits per heavy atom. The van der Waals surface area contributed by atoms with Crippen LogP contribution in [0.3, 0.4) is 0 Å². The summed E-state index contributed by atoms with van der Waals surface area (Å²) in [7, 11) is 4.65. The summed E-state index contributed by atoms with van der Waals surface area (Å²) in [5, 5.41) is 14.6. The molecule has 9 heteroatoms. The van der Waals surface area contributed by atoms with E-state index < -0.39 is 0 Å². The van der Waals surface area contributed by atoms with E-state index in [2.05, 4.69) is 27.8 Å². The van der Waals surface area contributed by atoms with Crippen LogP contribution in [0.2, 0.25) is 0 Å². The van der Waals surface area contributed by atoms with E-state index in [-0.39, 0.29) is 6.03 Å². The molecule has 25 heavy (non-hydrogen) atoms. The van der Waals surface area contributed by atoms with Gasteiger partial charge in [0.1, 0.15) is 5.01 Å². The monoisotopic (exact) mass is 366 g/mol. The molecule has 2 rings (SSSR count). The fourth-order valence-electron chi connectivity index (χ4n) is 2.11. The van der Waals surface area contributed by atoms with E-state index in [0.717, 1.165) is 18.4 Å². The van der Waals surface area contributed by atoms with Crippen LogP contribution in [0.15, 0.2) is 12.1 Å². The van der Waals surface area contributed by atoms with Crippen molar-refractivity contribution in [2.75, 3.05) is 33.2 Å². The summed E-state index contributed by atoms with van der Waals surface area (Å²) >= 11 is 1.26. The number of hydrogen-bond donors (Lipinski definition) is 2. The molecule has 0 saturated carbocycles. The number of methoxy groups -OCH3 is 3. The fourth-order valence-corrected chi connectivity index (χ4v) is 2.84. The Labute approximate surface area is 150 Å². The van der Waals surface area contributed by atoms with Gasteiger partial charge in [-0.05, 0) is 18.6 Å². The standard InChI is InChI=1S/C16H22N4O4S/c1-5-6-7-17-15(21)18-16-20-19-14(25-16)10-8-11(22-2)13(24-4)12(9-10)23-3/h8-9H,5-7H2,1-4H3,(H2,17,18,20,21). The first kappa shape index (κ1) is 18.8. The number of carbonyl (C=O) groups excluding carboxylic acids is 1. The van der Waals surface area contributed by atoms with Gasteiger partial charge in [0.15, 0.2) is 11.5 Å². The van der Waals surface area contributed by atoms with E-state index in [4.69, 9.17) is 14.2 Å². The molecule has 0 spiro atoms. The van der Waals surface area contributed by atoms with Gasteiger partial charge in [-0.1, -0.05) is 24.7 Å². The predicted molar refractivity (Wildman–Crippen MR) is 96.9 cm³/mol. The number of nitrogens with zero attached hydrogens (tertiary/aromatic N) is 2. The van der Waals surface area contributed by atoms with Gasteiger partial charge in [0, 0.05) is 12.1 Å². The van der Waals surface area contributed by atoms with Crippen molar-refractivity contribution >= 4 is 22.5 Å². The predicted octanol–water partition coefficient (Wildman–Crippen LogP) is 3.15. The smallest absolute Gasteiger partial charge is 0.321 e. The summed E-state index contributed by atoms with van der Waals surface area (Å²) in [5.41, 5.74) is 0.756. The minimum Gasteiger partial charge on any atom is -0.493 e. The number of benzene rings is 1. The van der Waals surface area contributed by atoms with Gasteiger partial charge in [-0.3, -0.25) is 5.32 Å². The highest BCUT2D eigenvalue weighted by molar-refractivity contribution is 7.18. The molecule has 0 atom stereocenters. The van der Waals surface area contributed by atoms with Gasteiger partial charge >= 0.3 is 6.03 Å². The molecule has 0 aliphatic heterocycles. The van der Waals surface area contributed by atoms with Crippen LogP contribution in [0.5, 0.6) is 17.2 Å². The molecule has 2 aromatic rings. The second-order valence-electron chi connectivity index (χ2n) is 5.06. The van der Waals surface area contributed by atoms with E-state index >= 15 is 0 Å². The first-order chi connectivity index (χ1) is 12.1. The largest absolute Gasteiger partial charge is 0.493 e. The summed E-state index contributed by atoms with van der Waals surface area (Å²) in [6.45, 7) is 2.69. The lowest BCUT2D eigenvalue weighted by molar-refractivity contribution is 0.252. The average molecular weight is 366 g/mol. The number of rotatable bonds is 8. The third kappa shape index (κ3) is 4.72. The van der Waals surface area contributed by atoms with Crippen LogP contribution in [0.25, 0.3) is 10.6 Å². The van der Waals surface area contributed by atoms with Crippen LogP contribution in [0, 0.1) is 0 Å². The highest BCUT2D eigenvalue weighted by Crippen LogP contribution is 2.42. The molecule has 0 saturated heterocycles. The zero-order chi connectivity index (χ0) is 18.2. The SMILES string of the molecule is CCCCNC(=O)Nc1nnc(-c2cc(OC)c(OC)c(OC)c2)s1. The number of hydrogen-bond acceptors (Lipinski definition) is 7. The second kappa shape index (κ2) is 9.07. The maximum absolute atomic E-state index is 11.8. The van der Waals surface area contributed by atoms with Crippen molar-refractivity contribution in [2.45, 2.75) is 19.8 Å². The second-order valence-corrected chi connectivity index (χ2v) is 6.04. The van der Waals surface area contributed by atoms with E-state index in [1.54, 1.807) is 33.5 Å². The maximum atomic E-state index is 11.8. The summed E-state index contributed by atoms with van der Waals surface area (Å²) in [4.78, 5) is 11.8. The van der Waals surface area contributed by atoms with Crippen molar-refractivity contribution < 1.29 is 19.0 Å². The number of nitrogens with one attached hydrogen (secondary N) is 2. The number of anilines is 1. The molecule has 2 amide bonds. The molecule has 0 fully saturated rings. The Morgan fingerprint density at radius 3 is 2.36 bits per heavy atom. The van der Waals surface area contributed by atoms with Crippen molar-refractivity contribution in [1.82, 2.24) is 15.5 Å². The molecule has 0 aliphatic rings. The molecular formula is C16H22N4O4S. The Kier molecular flexibility index (Phi) is 6.81. The molecule has 0 bridgehead atoms. The van der Waals surface area contributed by atoms with E-state index in [9.17, 15) is 4.79 Å². The van der Waals surface area contributed by atoms with Gasteiger partial charge in [-0.2, -0.15) is 0 Å². The van der Waals surface area contributed by atoms with Crippen LogP contribution in [0.4, 0.5) is 9.93 Å². The molecule has 1 heterocycles. The third-order valence-electron chi connectivity index (χ3n) is 3.37. The zero-order valence-electron chi connectivity index (χ0n) is 14.7. The lowest BCUT2D eigenvalue weighted by atomic mass is 10.2. The topological polar surface area (TPSA) is 94.6 Å². The molecule has 1 aromatic carbocycles. The summed E-state index contributed by atoms with van der Waals surface area (Å²) in [5.74, 6) is 1.56. The fraction of sp³-hybridized carbons (Fsp3) is 0.438. The molecule has 1 aromatic heterocycles. The van der Waals surface area contributed by atoms with E-state index in [1.165, 1.54) is 11.3 Å².